The molecule has 0 N–H and O–H groups in total. The zero-order valence-electron chi connectivity index (χ0n) is 15.8. The number of aromatic nitrogens is 1. The Kier molecular flexibility index (Phi) is 3.19. The van der Waals surface area contributed by atoms with Crippen LogP contribution in [0.15, 0.2) is 30.0 Å². The molecular formula is C22H26N2O3. The average Bonchev–Trinajstić information content (AvgIpc) is 3.39. The number of pyridine rings is 1. The van der Waals surface area contributed by atoms with Gasteiger partial charge in [0, 0.05) is 31.6 Å². The second-order valence-electron chi connectivity index (χ2n) is 9.10. The van der Waals surface area contributed by atoms with Crippen molar-refractivity contribution in [1.82, 2.24) is 4.98 Å². The highest BCUT2D eigenvalue weighted by molar-refractivity contribution is 5.94. The summed E-state index contributed by atoms with van der Waals surface area (Å²) in [6.07, 6.45) is 10.5. The monoisotopic (exact) mass is 366 g/mol. The number of carbonyl (C=O) groups is 1. The topological polar surface area (TPSA) is 51.7 Å². The van der Waals surface area contributed by atoms with E-state index in [-0.39, 0.29) is 23.6 Å². The molecule has 2 unspecified atom stereocenters. The van der Waals surface area contributed by atoms with Crippen LogP contribution in [-0.4, -0.2) is 41.3 Å². The summed E-state index contributed by atoms with van der Waals surface area (Å²) in [4.78, 5) is 19.5. The van der Waals surface area contributed by atoms with E-state index < -0.39 is 5.60 Å². The van der Waals surface area contributed by atoms with Crippen LogP contribution >= 0.6 is 0 Å². The van der Waals surface area contributed by atoms with E-state index in [1.165, 1.54) is 18.4 Å². The van der Waals surface area contributed by atoms with Gasteiger partial charge in [0.15, 0.2) is 0 Å². The van der Waals surface area contributed by atoms with E-state index >= 15 is 0 Å². The number of hydrogen-bond acceptors (Lipinski definition) is 5. The summed E-state index contributed by atoms with van der Waals surface area (Å²) in [5.74, 6) is 1.55. The van der Waals surface area contributed by atoms with E-state index in [2.05, 4.69) is 30.0 Å². The standard InChI is InChI=1S/C22H26N2O3/c1-14-10-17-20(25)26-18-6-5-16-12-21(14,27-22(16,17)18)11-15-4-7-19(23-13-15)24-8-2-3-9-24/h4,7,10,13-14,16,18H,2-3,5-6,8-9,11-12H2,1H3/t14-,16?,18-,21?,22+/m1/s1. The molecule has 5 aliphatic rings. The molecule has 1 spiro atoms. The van der Waals surface area contributed by atoms with Gasteiger partial charge in [0.1, 0.15) is 17.5 Å². The minimum Gasteiger partial charge on any atom is -0.455 e. The highest BCUT2D eigenvalue weighted by atomic mass is 16.6. The third kappa shape index (κ3) is 2.04. The number of carbonyl (C=O) groups excluding carboxylic acids is 1. The van der Waals surface area contributed by atoms with Gasteiger partial charge in [-0.1, -0.05) is 19.1 Å². The molecule has 4 fully saturated rings. The minimum absolute atomic E-state index is 0.0775. The number of esters is 1. The quantitative estimate of drug-likeness (QED) is 0.770. The second-order valence-corrected chi connectivity index (χ2v) is 9.10. The van der Waals surface area contributed by atoms with Gasteiger partial charge in [0.25, 0.3) is 0 Å². The Morgan fingerprint density at radius 1 is 1.26 bits per heavy atom. The van der Waals surface area contributed by atoms with Gasteiger partial charge in [0.05, 0.1) is 11.2 Å². The lowest BCUT2D eigenvalue weighted by Gasteiger charge is -2.41. The summed E-state index contributed by atoms with van der Waals surface area (Å²) >= 11 is 0. The van der Waals surface area contributed by atoms with Crippen molar-refractivity contribution in [2.75, 3.05) is 18.0 Å². The van der Waals surface area contributed by atoms with Gasteiger partial charge in [0.2, 0.25) is 0 Å². The van der Waals surface area contributed by atoms with Gasteiger partial charge >= 0.3 is 5.97 Å². The Labute approximate surface area is 159 Å². The first kappa shape index (κ1) is 16.1. The van der Waals surface area contributed by atoms with Crippen molar-refractivity contribution in [3.8, 4) is 0 Å². The Morgan fingerprint density at radius 3 is 2.89 bits per heavy atom. The van der Waals surface area contributed by atoms with Crippen molar-refractivity contribution in [3.05, 3.63) is 35.5 Å². The molecule has 0 radical (unpaired) electrons. The first-order valence-electron chi connectivity index (χ1n) is 10.4. The molecule has 142 valence electrons. The largest absolute Gasteiger partial charge is 0.455 e. The van der Waals surface area contributed by atoms with Gasteiger partial charge in [-0.3, -0.25) is 0 Å². The summed E-state index contributed by atoms with van der Waals surface area (Å²) in [5, 5.41) is 0. The fourth-order valence-corrected chi connectivity index (χ4v) is 6.34. The first-order chi connectivity index (χ1) is 13.1. The van der Waals surface area contributed by atoms with Crippen LogP contribution in [0, 0.1) is 11.8 Å². The first-order valence-corrected chi connectivity index (χ1v) is 10.4. The normalized spacial score (nSPS) is 41.7. The van der Waals surface area contributed by atoms with Gasteiger partial charge in [-0.05, 0) is 49.7 Å². The number of nitrogens with zero attached hydrogens (tertiary/aromatic N) is 2. The van der Waals surface area contributed by atoms with Crippen molar-refractivity contribution < 1.29 is 14.3 Å². The smallest absolute Gasteiger partial charge is 0.337 e. The van der Waals surface area contributed by atoms with Crippen LogP contribution in [-0.2, 0) is 20.7 Å². The molecule has 2 bridgehead atoms. The van der Waals surface area contributed by atoms with E-state index in [0.29, 0.717) is 5.92 Å². The minimum atomic E-state index is -0.466. The summed E-state index contributed by atoms with van der Waals surface area (Å²) < 4.78 is 12.5. The molecule has 5 heteroatoms. The summed E-state index contributed by atoms with van der Waals surface area (Å²) in [6.45, 7) is 4.42. The molecule has 5 nitrogen and oxygen atoms in total. The lowest BCUT2D eigenvalue weighted by atomic mass is 9.79. The summed E-state index contributed by atoms with van der Waals surface area (Å²) in [7, 11) is 0. The van der Waals surface area contributed by atoms with Gasteiger partial charge in [-0.25, -0.2) is 9.78 Å². The van der Waals surface area contributed by atoms with Crippen molar-refractivity contribution in [2.45, 2.75) is 62.8 Å². The number of hydrogen-bond donors (Lipinski definition) is 0. The summed E-state index contributed by atoms with van der Waals surface area (Å²) in [5.41, 5.74) is 1.32. The lowest BCUT2D eigenvalue weighted by Crippen LogP contribution is -2.49. The van der Waals surface area contributed by atoms with Crippen molar-refractivity contribution in [1.29, 1.82) is 0 Å². The van der Waals surface area contributed by atoms with Gasteiger partial charge in [-0.2, -0.15) is 0 Å². The summed E-state index contributed by atoms with van der Waals surface area (Å²) in [6, 6.07) is 4.37. The molecule has 1 saturated carbocycles. The molecule has 1 aliphatic carbocycles. The molecule has 1 aromatic heterocycles. The molecule has 5 atom stereocenters. The molecule has 5 heterocycles. The van der Waals surface area contributed by atoms with Crippen LogP contribution in [0.3, 0.4) is 0 Å². The predicted octanol–water partition coefficient (Wildman–Crippen LogP) is 3.03. The maximum absolute atomic E-state index is 12.4. The van der Waals surface area contributed by atoms with Crippen LogP contribution in [0.25, 0.3) is 0 Å². The molecule has 4 aliphatic heterocycles. The zero-order valence-corrected chi connectivity index (χ0v) is 15.8. The number of ether oxygens (including phenoxy) is 2. The maximum Gasteiger partial charge on any atom is 0.337 e. The fraction of sp³-hybridized carbons (Fsp3) is 0.636. The van der Waals surface area contributed by atoms with E-state index in [0.717, 1.165) is 50.2 Å². The molecule has 3 saturated heterocycles. The molecule has 6 rings (SSSR count). The fourth-order valence-electron chi connectivity index (χ4n) is 6.34. The van der Waals surface area contributed by atoms with Crippen molar-refractivity contribution in [2.24, 2.45) is 11.8 Å². The zero-order chi connectivity index (χ0) is 18.2. The lowest BCUT2D eigenvalue weighted by molar-refractivity contribution is -0.149. The van der Waals surface area contributed by atoms with Crippen LogP contribution in [0.4, 0.5) is 5.82 Å². The van der Waals surface area contributed by atoms with Crippen LogP contribution in [0.1, 0.15) is 44.6 Å². The van der Waals surface area contributed by atoms with E-state index in [9.17, 15) is 4.79 Å². The molecule has 0 aromatic carbocycles. The third-order valence-electron chi connectivity index (χ3n) is 7.71. The highest BCUT2D eigenvalue weighted by Gasteiger charge is 2.72. The Balaban J connectivity index is 1.31. The molecular weight excluding hydrogens is 340 g/mol. The Hall–Kier alpha value is -1.88. The Bertz CT molecular complexity index is 828. The third-order valence-corrected chi connectivity index (χ3v) is 7.71. The van der Waals surface area contributed by atoms with E-state index in [4.69, 9.17) is 14.5 Å². The van der Waals surface area contributed by atoms with Crippen LogP contribution < -0.4 is 4.90 Å². The predicted molar refractivity (Wildman–Crippen MR) is 100 cm³/mol. The van der Waals surface area contributed by atoms with Gasteiger partial charge in [-0.15, -0.1) is 0 Å². The second kappa shape index (κ2) is 5.34. The van der Waals surface area contributed by atoms with E-state index in [1.807, 2.05) is 6.20 Å². The van der Waals surface area contributed by atoms with E-state index in [1.54, 1.807) is 0 Å². The number of fused-ring (bicyclic) bond motifs is 1. The van der Waals surface area contributed by atoms with Gasteiger partial charge < -0.3 is 14.4 Å². The highest BCUT2D eigenvalue weighted by Crippen LogP contribution is 2.64. The van der Waals surface area contributed by atoms with Crippen LogP contribution in [0.2, 0.25) is 0 Å². The number of rotatable bonds is 3. The number of anilines is 1. The molecule has 0 amide bonds. The Morgan fingerprint density at radius 2 is 2.11 bits per heavy atom. The molecule has 27 heavy (non-hydrogen) atoms. The SMILES string of the molecule is C[C@@H]1C=C2C(=O)O[C@@H]3CCC4CC1(Cc1ccc(N5CCCC5)nc1)O[C@]243. The average molecular weight is 366 g/mol. The van der Waals surface area contributed by atoms with Crippen LogP contribution in [0.5, 0.6) is 0 Å². The van der Waals surface area contributed by atoms with Crippen molar-refractivity contribution >= 4 is 11.8 Å². The van der Waals surface area contributed by atoms with Crippen molar-refractivity contribution in [3.63, 3.8) is 0 Å². The molecule has 1 aromatic rings. The maximum atomic E-state index is 12.4.